The van der Waals surface area contributed by atoms with Crippen LogP contribution in [0.5, 0.6) is 0 Å². The maximum Gasteiger partial charge on any atom is 0.150 e. The minimum Gasteiger partial charge on any atom is -0.381 e. The van der Waals surface area contributed by atoms with Gasteiger partial charge in [0, 0.05) is 20.1 Å². The first-order chi connectivity index (χ1) is 8.89. The second-order valence-electron chi connectivity index (χ2n) is 5.10. The van der Waals surface area contributed by atoms with Crippen LogP contribution in [0.25, 0.3) is 0 Å². The minimum absolute atomic E-state index is 0.195. The van der Waals surface area contributed by atoms with E-state index < -0.39 is 9.84 Å². The van der Waals surface area contributed by atoms with Crippen molar-refractivity contribution in [1.29, 1.82) is 0 Å². The lowest BCUT2D eigenvalue weighted by Gasteiger charge is -2.27. The molecule has 1 fully saturated rings. The van der Waals surface area contributed by atoms with E-state index >= 15 is 0 Å². The van der Waals surface area contributed by atoms with Gasteiger partial charge in [-0.05, 0) is 25.0 Å². The molecule has 4 nitrogen and oxygen atoms in total. The second-order valence-corrected chi connectivity index (χ2v) is 7.81. The van der Waals surface area contributed by atoms with Crippen molar-refractivity contribution in [3.05, 3.63) is 23.2 Å². The Hall–Kier alpha value is -0.940. The highest BCUT2D eigenvalue weighted by Gasteiger charge is 2.24. The number of rotatable bonds is 3. The third-order valence-electron chi connectivity index (χ3n) is 3.35. The average molecular weight is 303 g/mol. The molecule has 0 amide bonds. The first kappa shape index (κ1) is 14.5. The van der Waals surface area contributed by atoms with Crippen molar-refractivity contribution < 1.29 is 8.42 Å². The summed E-state index contributed by atoms with van der Waals surface area (Å²) in [5.41, 5.74) is 1.90. The Morgan fingerprint density at radius 1 is 1.26 bits per heavy atom. The topological polar surface area (TPSA) is 49.4 Å². The lowest BCUT2D eigenvalue weighted by atomic mass is 10.1. The number of benzene rings is 1. The third kappa shape index (κ3) is 3.54. The van der Waals surface area contributed by atoms with Crippen LogP contribution in [0.4, 0.5) is 11.4 Å². The fourth-order valence-electron chi connectivity index (χ4n) is 2.34. The quantitative estimate of drug-likeness (QED) is 0.931. The molecule has 1 aliphatic rings. The van der Waals surface area contributed by atoms with Gasteiger partial charge >= 0.3 is 0 Å². The smallest absolute Gasteiger partial charge is 0.150 e. The van der Waals surface area contributed by atoms with E-state index in [9.17, 15) is 8.42 Å². The van der Waals surface area contributed by atoms with E-state index in [-0.39, 0.29) is 17.5 Å². The molecule has 1 aromatic carbocycles. The van der Waals surface area contributed by atoms with Crippen molar-refractivity contribution in [2.24, 2.45) is 0 Å². The number of anilines is 2. The number of hydrogen-bond acceptors (Lipinski definition) is 4. The van der Waals surface area contributed by atoms with Crippen LogP contribution >= 0.6 is 11.6 Å². The fraction of sp³-hybridized carbons (Fsp3) is 0.538. The lowest BCUT2D eigenvalue weighted by molar-refractivity contribution is 0.559. The summed E-state index contributed by atoms with van der Waals surface area (Å²) in [5, 5.41) is 4.11. The SMILES string of the molecule is CN(C)c1c(Cl)cccc1NC1CCS(=O)(=O)CC1. The molecule has 1 N–H and O–H groups in total. The van der Waals surface area contributed by atoms with Gasteiger partial charge in [-0.25, -0.2) is 8.42 Å². The Bertz CT molecular complexity index is 544. The number of sulfone groups is 1. The first-order valence-corrected chi connectivity index (χ1v) is 8.52. The molecule has 19 heavy (non-hydrogen) atoms. The van der Waals surface area contributed by atoms with E-state index in [0.717, 1.165) is 11.4 Å². The summed E-state index contributed by atoms with van der Waals surface area (Å²) in [6.07, 6.45) is 1.31. The van der Waals surface area contributed by atoms with Crippen molar-refractivity contribution >= 4 is 32.8 Å². The molecule has 0 saturated carbocycles. The van der Waals surface area contributed by atoms with Crippen molar-refractivity contribution in [3.8, 4) is 0 Å². The zero-order valence-electron chi connectivity index (χ0n) is 11.2. The van der Waals surface area contributed by atoms with E-state index in [0.29, 0.717) is 17.9 Å². The van der Waals surface area contributed by atoms with Gasteiger partial charge in [-0.2, -0.15) is 0 Å². The Morgan fingerprint density at radius 2 is 1.89 bits per heavy atom. The number of para-hydroxylation sites is 1. The van der Waals surface area contributed by atoms with Gasteiger partial charge in [0.15, 0.2) is 0 Å². The Morgan fingerprint density at radius 3 is 2.47 bits per heavy atom. The zero-order valence-corrected chi connectivity index (χ0v) is 12.8. The van der Waals surface area contributed by atoms with Gasteiger partial charge in [0.1, 0.15) is 9.84 Å². The highest BCUT2D eigenvalue weighted by atomic mass is 35.5. The van der Waals surface area contributed by atoms with Crippen LogP contribution in [-0.2, 0) is 9.84 Å². The van der Waals surface area contributed by atoms with Crippen molar-refractivity contribution in [1.82, 2.24) is 0 Å². The maximum atomic E-state index is 11.4. The normalized spacial score (nSPS) is 19.1. The fourth-order valence-corrected chi connectivity index (χ4v) is 4.18. The summed E-state index contributed by atoms with van der Waals surface area (Å²) in [4.78, 5) is 1.96. The highest BCUT2D eigenvalue weighted by Crippen LogP contribution is 2.33. The monoisotopic (exact) mass is 302 g/mol. The van der Waals surface area contributed by atoms with Crippen LogP contribution < -0.4 is 10.2 Å². The van der Waals surface area contributed by atoms with Crippen molar-refractivity contribution in [2.45, 2.75) is 18.9 Å². The Kier molecular flexibility index (Phi) is 4.26. The van der Waals surface area contributed by atoms with Gasteiger partial charge < -0.3 is 10.2 Å². The molecular weight excluding hydrogens is 284 g/mol. The molecule has 0 radical (unpaired) electrons. The van der Waals surface area contributed by atoms with Gasteiger partial charge in [-0.15, -0.1) is 0 Å². The summed E-state index contributed by atoms with van der Waals surface area (Å²) in [6, 6.07) is 5.93. The maximum absolute atomic E-state index is 11.4. The predicted octanol–water partition coefficient (Wildman–Crippen LogP) is 2.40. The Balaban J connectivity index is 2.14. The van der Waals surface area contributed by atoms with Gasteiger partial charge in [-0.3, -0.25) is 0 Å². The second kappa shape index (κ2) is 5.59. The summed E-state index contributed by atoms with van der Waals surface area (Å²) < 4.78 is 22.8. The standard InChI is InChI=1S/C13H19ClN2O2S/c1-16(2)13-11(14)4-3-5-12(13)15-10-6-8-19(17,18)9-7-10/h3-5,10,15H,6-9H2,1-2H3. The van der Waals surface area contributed by atoms with Crippen LogP contribution in [0.2, 0.25) is 5.02 Å². The van der Waals surface area contributed by atoms with E-state index in [1.54, 1.807) is 0 Å². The minimum atomic E-state index is -2.82. The van der Waals surface area contributed by atoms with E-state index in [2.05, 4.69) is 5.32 Å². The summed E-state index contributed by atoms with van der Waals surface area (Å²) in [6.45, 7) is 0. The zero-order chi connectivity index (χ0) is 14.0. The first-order valence-electron chi connectivity index (χ1n) is 6.32. The molecule has 0 unspecified atom stereocenters. The van der Waals surface area contributed by atoms with Crippen LogP contribution in [0.1, 0.15) is 12.8 Å². The molecule has 0 spiro atoms. The molecule has 0 atom stereocenters. The summed E-state index contributed by atoms with van der Waals surface area (Å²) >= 11 is 6.21. The number of nitrogens with zero attached hydrogens (tertiary/aromatic N) is 1. The Labute approximate surface area is 119 Å². The molecular formula is C13H19ClN2O2S. The molecule has 0 aromatic heterocycles. The van der Waals surface area contributed by atoms with Crippen LogP contribution in [0.3, 0.4) is 0 Å². The van der Waals surface area contributed by atoms with Crippen LogP contribution in [-0.4, -0.2) is 40.1 Å². The molecule has 0 bridgehead atoms. The third-order valence-corrected chi connectivity index (χ3v) is 5.37. The van der Waals surface area contributed by atoms with Crippen molar-refractivity contribution in [3.63, 3.8) is 0 Å². The molecule has 6 heteroatoms. The van der Waals surface area contributed by atoms with Gasteiger partial charge in [-0.1, -0.05) is 17.7 Å². The number of hydrogen-bond donors (Lipinski definition) is 1. The molecule has 0 aliphatic carbocycles. The van der Waals surface area contributed by atoms with Gasteiger partial charge in [0.25, 0.3) is 0 Å². The molecule has 1 aliphatic heterocycles. The molecule has 106 valence electrons. The van der Waals surface area contributed by atoms with Crippen LogP contribution in [0, 0.1) is 0 Å². The molecule has 1 aromatic rings. The summed E-state index contributed by atoms with van der Waals surface area (Å²) in [5.74, 6) is 0.533. The van der Waals surface area contributed by atoms with Gasteiger partial charge in [0.05, 0.1) is 27.9 Å². The number of nitrogens with one attached hydrogen (secondary N) is 1. The average Bonchev–Trinajstić information content (AvgIpc) is 2.31. The molecule has 1 saturated heterocycles. The predicted molar refractivity (Wildman–Crippen MR) is 81.1 cm³/mol. The molecule has 2 rings (SSSR count). The van der Waals surface area contributed by atoms with Gasteiger partial charge in [0.2, 0.25) is 0 Å². The van der Waals surface area contributed by atoms with E-state index in [4.69, 9.17) is 11.6 Å². The van der Waals surface area contributed by atoms with Crippen LogP contribution in [0.15, 0.2) is 18.2 Å². The lowest BCUT2D eigenvalue weighted by Crippen LogP contribution is -2.32. The highest BCUT2D eigenvalue weighted by molar-refractivity contribution is 7.91. The van der Waals surface area contributed by atoms with Crippen molar-refractivity contribution in [2.75, 3.05) is 35.8 Å². The largest absolute Gasteiger partial charge is 0.381 e. The summed E-state index contributed by atoms with van der Waals surface area (Å²) in [7, 11) is 1.07. The number of halogens is 1. The molecule has 1 heterocycles. The van der Waals surface area contributed by atoms with E-state index in [1.807, 2.05) is 37.2 Å². The van der Waals surface area contributed by atoms with E-state index in [1.165, 1.54) is 0 Å².